The van der Waals surface area contributed by atoms with Gasteiger partial charge in [0.2, 0.25) is 6.86 Å². The number of ether oxygens (including phenoxy) is 3. The van der Waals surface area contributed by atoms with Gasteiger partial charge in [0.05, 0.1) is 5.56 Å². The molecule has 0 aromatic heterocycles. The van der Waals surface area contributed by atoms with E-state index in [1.807, 2.05) is 31.2 Å². The van der Waals surface area contributed by atoms with E-state index in [0.717, 1.165) is 30.0 Å². The lowest BCUT2D eigenvalue weighted by Crippen LogP contribution is -2.25. The maximum absolute atomic E-state index is 15.1. The lowest BCUT2D eigenvalue weighted by molar-refractivity contribution is -0.189. The minimum Gasteiger partial charge on any atom is -0.457 e. The highest BCUT2D eigenvalue weighted by Crippen LogP contribution is 2.40. The van der Waals surface area contributed by atoms with Gasteiger partial charge in [-0.25, -0.2) is 26.3 Å². The van der Waals surface area contributed by atoms with Crippen LogP contribution in [0.2, 0.25) is 0 Å². The van der Waals surface area contributed by atoms with Gasteiger partial charge < -0.3 is 14.2 Å². The molecule has 0 fully saturated rings. The number of hydrogen-bond donors (Lipinski definition) is 0. The number of rotatable bonds is 12. The van der Waals surface area contributed by atoms with Crippen LogP contribution in [0.15, 0.2) is 91.0 Å². The molecule has 256 valence electrons. The Morgan fingerprint density at radius 3 is 1.59 bits per heavy atom. The highest BCUT2D eigenvalue weighted by molar-refractivity contribution is 5.71. The molecule has 0 unspecified atom stereocenters. The van der Waals surface area contributed by atoms with E-state index >= 15 is 13.2 Å². The minimum atomic E-state index is -4.60. The van der Waals surface area contributed by atoms with Gasteiger partial charge in [0.25, 0.3) is 0 Å². The van der Waals surface area contributed by atoms with E-state index in [9.17, 15) is 30.7 Å². The molecule has 0 heterocycles. The van der Waals surface area contributed by atoms with E-state index in [4.69, 9.17) is 0 Å². The first-order chi connectivity index (χ1) is 23.2. The quantitative estimate of drug-likeness (QED) is 0.122. The van der Waals surface area contributed by atoms with Gasteiger partial charge >= 0.3 is 12.2 Å². The van der Waals surface area contributed by atoms with Gasteiger partial charge in [-0.3, -0.25) is 0 Å². The number of hydrogen-bond acceptors (Lipinski definition) is 3. The number of benzene rings is 5. The molecule has 3 nitrogen and oxygen atoms in total. The summed E-state index contributed by atoms with van der Waals surface area (Å²) in [7, 11) is 0. The zero-order valence-corrected chi connectivity index (χ0v) is 25.3. The van der Waals surface area contributed by atoms with Gasteiger partial charge in [0.15, 0.2) is 17.4 Å². The fraction of sp³-hybridized carbons (Fsp3) is 0.167. The van der Waals surface area contributed by atoms with E-state index in [1.165, 1.54) is 12.1 Å². The van der Waals surface area contributed by atoms with Crippen LogP contribution in [0.1, 0.15) is 30.0 Å². The van der Waals surface area contributed by atoms with Crippen molar-refractivity contribution in [3.63, 3.8) is 0 Å². The van der Waals surface area contributed by atoms with Crippen molar-refractivity contribution < 1.29 is 58.1 Å². The third kappa shape index (κ3) is 7.76. The van der Waals surface area contributed by atoms with E-state index in [0.29, 0.717) is 29.8 Å². The van der Waals surface area contributed by atoms with E-state index in [-0.39, 0.29) is 29.3 Å². The predicted molar refractivity (Wildman–Crippen MR) is 160 cm³/mol. The van der Waals surface area contributed by atoms with E-state index in [1.54, 1.807) is 6.07 Å². The summed E-state index contributed by atoms with van der Waals surface area (Å²) >= 11 is 0. The molecule has 0 radical (unpaired) electrons. The summed E-state index contributed by atoms with van der Waals surface area (Å²) in [5.41, 5.74) is -0.583. The van der Waals surface area contributed by atoms with Gasteiger partial charge in [-0.1, -0.05) is 55.8 Å². The van der Waals surface area contributed by atoms with Crippen LogP contribution in [0, 0.1) is 29.1 Å². The van der Waals surface area contributed by atoms with Crippen molar-refractivity contribution in [1.29, 1.82) is 0 Å². The second kappa shape index (κ2) is 14.1. The number of alkyl halides is 5. The minimum absolute atomic E-state index is 0.0682. The molecule has 0 atom stereocenters. The first-order valence-electron chi connectivity index (χ1n) is 14.5. The van der Waals surface area contributed by atoms with Crippen LogP contribution >= 0.6 is 0 Å². The molecule has 0 aliphatic carbocycles. The average molecular weight is 695 g/mol. The van der Waals surface area contributed by atoms with Gasteiger partial charge in [-0.05, 0) is 59.0 Å². The lowest BCUT2D eigenvalue weighted by Gasteiger charge is -2.21. The van der Waals surface area contributed by atoms with Crippen LogP contribution in [0.3, 0.4) is 0 Å². The fourth-order valence-electron chi connectivity index (χ4n) is 4.99. The summed E-state index contributed by atoms with van der Waals surface area (Å²) < 4.78 is 157. The van der Waals surface area contributed by atoms with Crippen molar-refractivity contribution in [3.8, 4) is 39.5 Å². The standard InChI is InChI=1S/C36H24F10O3/c1-2-3-20-4-6-21(7-5-20)22-8-11-26(29(38)14-22)23-9-12-27(30(39)15-23)35(43,44)48-24-10-13-28(31(40)16-24)36(45,46)49-25-17-32(41)34(47-19-37)33(42)18-25/h4-18H,2-3,19H2,1H3. The summed E-state index contributed by atoms with van der Waals surface area (Å²) in [6.07, 6.45) is -7.20. The molecule has 5 aromatic carbocycles. The van der Waals surface area contributed by atoms with Crippen molar-refractivity contribution in [2.24, 2.45) is 0 Å². The summed E-state index contributed by atoms with van der Waals surface area (Å²) in [5, 5.41) is 0. The number of aryl methyl sites for hydroxylation is 1. The Morgan fingerprint density at radius 2 is 1.04 bits per heavy atom. The van der Waals surface area contributed by atoms with Crippen molar-refractivity contribution in [2.75, 3.05) is 6.86 Å². The predicted octanol–water partition coefficient (Wildman–Crippen LogP) is 11.2. The maximum atomic E-state index is 15.1. The summed E-state index contributed by atoms with van der Waals surface area (Å²) in [5.74, 6) is -10.6. The molecule has 0 amide bonds. The van der Waals surface area contributed by atoms with Crippen LogP contribution in [0.4, 0.5) is 43.9 Å². The Kier molecular flexibility index (Phi) is 10.1. The Labute approximate surface area is 273 Å². The molecule has 49 heavy (non-hydrogen) atoms. The Balaban J connectivity index is 1.31. The average Bonchev–Trinajstić information content (AvgIpc) is 3.02. The van der Waals surface area contributed by atoms with Gasteiger partial charge in [0.1, 0.15) is 34.5 Å². The van der Waals surface area contributed by atoms with Crippen LogP contribution in [0.5, 0.6) is 17.2 Å². The second-order valence-corrected chi connectivity index (χ2v) is 10.7. The molecular formula is C36H24F10O3. The third-order valence-electron chi connectivity index (χ3n) is 7.31. The van der Waals surface area contributed by atoms with Crippen LogP contribution in [0.25, 0.3) is 22.3 Å². The molecule has 0 N–H and O–H groups in total. The van der Waals surface area contributed by atoms with Gasteiger partial charge in [0, 0.05) is 23.8 Å². The molecular weight excluding hydrogens is 670 g/mol. The third-order valence-corrected chi connectivity index (χ3v) is 7.31. The smallest absolute Gasteiger partial charge is 0.429 e. The Morgan fingerprint density at radius 1 is 0.531 bits per heavy atom. The van der Waals surface area contributed by atoms with Crippen molar-refractivity contribution in [3.05, 3.63) is 137 Å². The van der Waals surface area contributed by atoms with E-state index < -0.39 is 76.5 Å². The lowest BCUT2D eigenvalue weighted by atomic mass is 9.97. The second-order valence-electron chi connectivity index (χ2n) is 10.7. The summed E-state index contributed by atoms with van der Waals surface area (Å²) in [6.45, 7) is 0.427. The highest BCUT2D eigenvalue weighted by atomic mass is 19.3. The Bertz CT molecular complexity index is 1940. The molecule has 0 saturated carbocycles. The molecule has 13 heteroatoms. The van der Waals surface area contributed by atoms with Crippen LogP contribution in [-0.4, -0.2) is 6.86 Å². The molecule has 0 saturated heterocycles. The van der Waals surface area contributed by atoms with Gasteiger partial charge in [-0.15, -0.1) is 0 Å². The zero-order chi connectivity index (χ0) is 35.5. The molecule has 0 aliphatic heterocycles. The molecule has 0 spiro atoms. The molecule has 5 aromatic rings. The van der Waals surface area contributed by atoms with Crippen molar-refractivity contribution in [2.45, 2.75) is 32.0 Å². The van der Waals surface area contributed by atoms with Crippen molar-refractivity contribution in [1.82, 2.24) is 0 Å². The van der Waals surface area contributed by atoms with Gasteiger partial charge in [-0.2, -0.15) is 17.6 Å². The SMILES string of the molecule is CCCc1ccc(-c2ccc(-c3ccc(C(F)(F)Oc4ccc(C(F)(F)Oc5cc(F)c(OCF)c(F)c5)c(F)c4)c(F)c3)c(F)c2)cc1. The first kappa shape index (κ1) is 35.1. The fourth-order valence-corrected chi connectivity index (χ4v) is 4.99. The van der Waals surface area contributed by atoms with Crippen molar-refractivity contribution >= 4 is 0 Å². The highest BCUT2D eigenvalue weighted by Gasteiger charge is 2.41. The maximum Gasteiger partial charge on any atom is 0.429 e. The monoisotopic (exact) mass is 694 g/mol. The molecule has 5 rings (SSSR count). The zero-order valence-electron chi connectivity index (χ0n) is 25.3. The topological polar surface area (TPSA) is 27.7 Å². The number of halogens is 10. The summed E-state index contributed by atoms with van der Waals surface area (Å²) in [6, 6.07) is 15.5. The normalized spacial score (nSPS) is 11.8. The molecule has 0 aliphatic rings. The molecule has 0 bridgehead atoms. The van der Waals surface area contributed by atoms with Crippen LogP contribution < -0.4 is 14.2 Å². The van der Waals surface area contributed by atoms with Crippen LogP contribution in [-0.2, 0) is 18.6 Å². The first-order valence-corrected chi connectivity index (χ1v) is 14.5. The summed E-state index contributed by atoms with van der Waals surface area (Å²) in [4.78, 5) is 0. The largest absolute Gasteiger partial charge is 0.457 e. The van der Waals surface area contributed by atoms with E-state index in [2.05, 4.69) is 14.2 Å². The Hall–Kier alpha value is -5.20.